The quantitative estimate of drug-likeness (QED) is 0.289. The topological polar surface area (TPSA) is 75.1 Å². The molecule has 0 unspecified atom stereocenters. The van der Waals surface area contributed by atoms with Crippen LogP contribution in [0.1, 0.15) is 38.2 Å². The molecular formula is C19H32IN3O3. The van der Waals surface area contributed by atoms with Crippen LogP contribution in [-0.2, 0) is 11.3 Å². The molecule has 0 atom stereocenters. The van der Waals surface area contributed by atoms with Gasteiger partial charge in [0.2, 0.25) is 0 Å². The van der Waals surface area contributed by atoms with Gasteiger partial charge in [-0.3, -0.25) is 0 Å². The molecule has 1 fully saturated rings. The summed E-state index contributed by atoms with van der Waals surface area (Å²) in [5.41, 5.74) is 1.28. The minimum absolute atomic E-state index is 0. The van der Waals surface area contributed by atoms with Crippen molar-refractivity contribution in [1.82, 2.24) is 10.6 Å². The maximum absolute atomic E-state index is 9.88. The van der Waals surface area contributed by atoms with E-state index >= 15 is 0 Å². The number of phenols is 1. The van der Waals surface area contributed by atoms with Gasteiger partial charge in [-0.1, -0.05) is 12.5 Å². The molecular weight excluding hydrogens is 445 g/mol. The number of ether oxygens (including phenoxy) is 2. The Hall–Kier alpha value is -1.22. The lowest BCUT2D eigenvalue weighted by atomic mass is 9.67. The molecule has 1 aromatic carbocycles. The van der Waals surface area contributed by atoms with Gasteiger partial charge in [0.15, 0.2) is 17.5 Å². The normalized spacial score (nSPS) is 15.6. The molecule has 148 valence electrons. The maximum atomic E-state index is 9.88. The van der Waals surface area contributed by atoms with Crippen LogP contribution in [0.3, 0.4) is 0 Å². The van der Waals surface area contributed by atoms with Gasteiger partial charge in [0.25, 0.3) is 0 Å². The fourth-order valence-corrected chi connectivity index (χ4v) is 3.13. The molecule has 1 aliphatic rings. The Labute approximate surface area is 173 Å². The van der Waals surface area contributed by atoms with Crippen LogP contribution in [-0.4, -0.2) is 45.0 Å². The number of hydrogen-bond acceptors (Lipinski definition) is 4. The minimum atomic E-state index is 0. The Morgan fingerprint density at radius 2 is 2.04 bits per heavy atom. The third-order valence-electron chi connectivity index (χ3n) is 4.89. The van der Waals surface area contributed by atoms with Crippen molar-refractivity contribution < 1.29 is 14.6 Å². The molecule has 0 heterocycles. The predicted octanol–water partition coefficient (Wildman–Crippen LogP) is 3.28. The van der Waals surface area contributed by atoms with Crippen molar-refractivity contribution in [2.45, 2.75) is 39.2 Å². The number of methoxy groups -OCH3 is 2. The zero-order valence-corrected chi connectivity index (χ0v) is 18.3. The number of nitrogens with one attached hydrogen (secondary N) is 2. The van der Waals surface area contributed by atoms with Crippen molar-refractivity contribution in [3.63, 3.8) is 0 Å². The van der Waals surface area contributed by atoms with Gasteiger partial charge in [-0.25, -0.2) is 4.99 Å². The van der Waals surface area contributed by atoms with Gasteiger partial charge in [-0.2, -0.15) is 0 Å². The van der Waals surface area contributed by atoms with Crippen LogP contribution in [0.15, 0.2) is 23.2 Å². The first kappa shape index (κ1) is 22.8. The molecule has 0 aliphatic heterocycles. The molecule has 7 heteroatoms. The van der Waals surface area contributed by atoms with Crippen LogP contribution in [0, 0.1) is 5.41 Å². The largest absolute Gasteiger partial charge is 0.504 e. The summed E-state index contributed by atoms with van der Waals surface area (Å²) in [7, 11) is 3.30. The summed E-state index contributed by atoms with van der Waals surface area (Å²) in [5.74, 6) is 1.42. The van der Waals surface area contributed by atoms with E-state index in [1.807, 2.05) is 6.07 Å². The summed E-state index contributed by atoms with van der Waals surface area (Å²) in [6, 6.07) is 5.37. The zero-order chi connectivity index (χ0) is 18.1. The third kappa shape index (κ3) is 6.50. The van der Waals surface area contributed by atoms with Crippen molar-refractivity contribution in [2.75, 3.05) is 33.9 Å². The molecule has 0 radical (unpaired) electrons. The number of halogens is 1. The second-order valence-electron chi connectivity index (χ2n) is 6.65. The molecule has 1 saturated carbocycles. The minimum Gasteiger partial charge on any atom is -0.504 e. The highest BCUT2D eigenvalue weighted by Gasteiger charge is 2.36. The molecule has 0 spiro atoms. The van der Waals surface area contributed by atoms with E-state index in [0.29, 0.717) is 17.7 Å². The third-order valence-corrected chi connectivity index (χ3v) is 4.89. The van der Waals surface area contributed by atoms with E-state index in [0.717, 1.165) is 37.6 Å². The Morgan fingerprint density at radius 1 is 1.27 bits per heavy atom. The van der Waals surface area contributed by atoms with E-state index in [4.69, 9.17) is 9.47 Å². The monoisotopic (exact) mass is 477 g/mol. The zero-order valence-electron chi connectivity index (χ0n) is 16.0. The Kier molecular flexibility index (Phi) is 10.1. The fraction of sp³-hybridized carbons (Fsp3) is 0.632. The lowest BCUT2D eigenvalue weighted by Crippen LogP contribution is -2.46. The van der Waals surface area contributed by atoms with Crippen LogP contribution in [0.4, 0.5) is 0 Å². The molecule has 2 rings (SSSR count). The average molecular weight is 477 g/mol. The summed E-state index contributed by atoms with van der Waals surface area (Å²) in [6.07, 6.45) is 4.87. The summed E-state index contributed by atoms with van der Waals surface area (Å²) in [5, 5.41) is 16.6. The molecule has 26 heavy (non-hydrogen) atoms. The van der Waals surface area contributed by atoms with E-state index in [1.54, 1.807) is 26.4 Å². The predicted molar refractivity (Wildman–Crippen MR) is 116 cm³/mol. The van der Waals surface area contributed by atoms with E-state index in [9.17, 15) is 5.11 Å². The van der Waals surface area contributed by atoms with E-state index in [1.165, 1.54) is 19.3 Å². The lowest BCUT2D eigenvalue weighted by molar-refractivity contribution is 0.0732. The number of aliphatic imine (C=N–C) groups is 1. The van der Waals surface area contributed by atoms with Crippen molar-refractivity contribution in [3.05, 3.63) is 23.8 Å². The van der Waals surface area contributed by atoms with E-state index < -0.39 is 0 Å². The van der Waals surface area contributed by atoms with Crippen molar-refractivity contribution in [1.29, 1.82) is 0 Å². The summed E-state index contributed by atoms with van der Waals surface area (Å²) >= 11 is 0. The van der Waals surface area contributed by atoms with Crippen molar-refractivity contribution in [2.24, 2.45) is 10.4 Å². The first-order valence-electron chi connectivity index (χ1n) is 8.99. The van der Waals surface area contributed by atoms with Crippen LogP contribution >= 0.6 is 24.0 Å². The highest BCUT2D eigenvalue weighted by molar-refractivity contribution is 14.0. The smallest absolute Gasteiger partial charge is 0.191 e. The Balaban J connectivity index is 0.00000338. The molecule has 3 N–H and O–H groups in total. The van der Waals surface area contributed by atoms with E-state index in [2.05, 4.69) is 22.5 Å². The maximum Gasteiger partial charge on any atom is 0.191 e. The fourth-order valence-electron chi connectivity index (χ4n) is 3.13. The van der Waals surface area contributed by atoms with Gasteiger partial charge < -0.3 is 25.2 Å². The van der Waals surface area contributed by atoms with Crippen LogP contribution < -0.4 is 15.4 Å². The second kappa shape index (κ2) is 11.5. The number of nitrogens with zero attached hydrogens (tertiary/aromatic N) is 1. The number of hydrogen-bond donors (Lipinski definition) is 3. The molecule has 1 aromatic rings. The summed E-state index contributed by atoms with van der Waals surface area (Å²) in [4.78, 5) is 4.63. The number of guanidine groups is 1. The second-order valence-corrected chi connectivity index (χ2v) is 6.65. The van der Waals surface area contributed by atoms with Gasteiger partial charge >= 0.3 is 0 Å². The standard InChI is InChI=1S/C19H31N3O3.HI/c1-4-20-18(22-14-19(8-5-9-19)10-11-24-2)21-13-15-6-7-17(25-3)16(23)12-15;/h6-7,12,23H,4-5,8-11,13-14H2,1-3H3,(H2,20,21,22);1H. The SMILES string of the molecule is CCNC(=NCc1ccc(OC)c(O)c1)NCC1(CCOC)CCC1.I. The van der Waals surface area contributed by atoms with Crippen LogP contribution in [0.5, 0.6) is 11.5 Å². The Morgan fingerprint density at radius 3 is 2.58 bits per heavy atom. The lowest BCUT2D eigenvalue weighted by Gasteiger charge is -2.42. The molecule has 0 bridgehead atoms. The molecule has 6 nitrogen and oxygen atoms in total. The molecule has 0 aromatic heterocycles. The number of benzene rings is 1. The van der Waals surface area contributed by atoms with Gasteiger partial charge in [-0.05, 0) is 49.3 Å². The first-order chi connectivity index (χ1) is 12.1. The summed E-state index contributed by atoms with van der Waals surface area (Å²) < 4.78 is 10.3. The van der Waals surface area contributed by atoms with Crippen molar-refractivity contribution in [3.8, 4) is 11.5 Å². The molecule has 0 amide bonds. The van der Waals surface area contributed by atoms with Gasteiger partial charge in [0, 0.05) is 26.8 Å². The van der Waals surface area contributed by atoms with E-state index in [-0.39, 0.29) is 29.7 Å². The van der Waals surface area contributed by atoms with Crippen LogP contribution in [0.25, 0.3) is 0 Å². The highest BCUT2D eigenvalue weighted by Crippen LogP contribution is 2.43. The number of rotatable bonds is 9. The molecule has 0 saturated heterocycles. The first-order valence-corrected chi connectivity index (χ1v) is 8.99. The van der Waals surface area contributed by atoms with Gasteiger partial charge in [0.05, 0.1) is 13.7 Å². The van der Waals surface area contributed by atoms with Gasteiger partial charge in [0.1, 0.15) is 0 Å². The number of phenolic OH excluding ortho intramolecular Hbond substituents is 1. The average Bonchev–Trinajstić information content (AvgIpc) is 2.58. The number of aromatic hydroxyl groups is 1. The van der Waals surface area contributed by atoms with Crippen LogP contribution in [0.2, 0.25) is 0 Å². The van der Waals surface area contributed by atoms with Gasteiger partial charge in [-0.15, -0.1) is 24.0 Å². The molecule has 1 aliphatic carbocycles. The Bertz CT molecular complexity index is 577. The summed E-state index contributed by atoms with van der Waals surface area (Å²) in [6.45, 7) is 5.08. The van der Waals surface area contributed by atoms with Crippen molar-refractivity contribution >= 4 is 29.9 Å². The highest BCUT2D eigenvalue weighted by atomic mass is 127.